The van der Waals surface area contributed by atoms with Gasteiger partial charge in [-0.3, -0.25) is 25.1 Å². The van der Waals surface area contributed by atoms with E-state index < -0.39 is 28.2 Å². The zero-order chi connectivity index (χ0) is 24.2. The largest absolute Gasteiger partial charge is 0.493 e. The van der Waals surface area contributed by atoms with Crippen molar-refractivity contribution in [2.24, 2.45) is 0 Å². The van der Waals surface area contributed by atoms with Gasteiger partial charge in [0, 0.05) is 11.6 Å². The Morgan fingerprint density at radius 3 is 2.47 bits per heavy atom. The first-order chi connectivity index (χ1) is 16.4. The lowest BCUT2D eigenvalue weighted by atomic mass is 10.1. The topological polar surface area (TPSA) is 111 Å². The molecule has 3 aromatic rings. The van der Waals surface area contributed by atoms with Gasteiger partial charge in [0.05, 0.1) is 17.7 Å². The molecule has 172 valence electrons. The van der Waals surface area contributed by atoms with Gasteiger partial charge in [0.2, 0.25) is 5.75 Å². The highest BCUT2D eigenvalue weighted by atomic mass is 19.1. The van der Waals surface area contributed by atoms with Gasteiger partial charge in [-0.15, -0.1) is 0 Å². The molecule has 1 aliphatic rings. The van der Waals surface area contributed by atoms with Crippen LogP contribution in [-0.2, 0) is 16.2 Å². The standard InChI is InChI=1S/C24H18FN3O6/c1-33-21-13-15(11-18-23(29)26-27(24(18)30)17-8-3-2-4-9-17)12-20(28(31)32)22(21)34-14-16-7-5-6-10-19(16)25/h2-13H,14H2,1H3,(H,26,29)/b18-11-. The number of ether oxygens (including phenoxy) is 2. The Balaban J connectivity index is 1.68. The highest BCUT2D eigenvalue weighted by Gasteiger charge is 2.34. The first-order valence-electron chi connectivity index (χ1n) is 10.0. The van der Waals surface area contributed by atoms with Gasteiger partial charge < -0.3 is 9.47 Å². The molecule has 1 aliphatic heterocycles. The van der Waals surface area contributed by atoms with E-state index in [0.717, 1.165) is 11.1 Å². The lowest BCUT2D eigenvalue weighted by Crippen LogP contribution is -2.35. The number of carbonyl (C=O) groups is 2. The molecule has 0 saturated carbocycles. The van der Waals surface area contributed by atoms with Crippen molar-refractivity contribution in [2.75, 3.05) is 12.1 Å². The van der Waals surface area contributed by atoms with Gasteiger partial charge in [-0.1, -0.05) is 36.4 Å². The number of carbonyl (C=O) groups excluding carboxylic acids is 2. The van der Waals surface area contributed by atoms with Crippen molar-refractivity contribution in [1.82, 2.24) is 5.43 Å². The van der Waals surface area contributed by atoms with Crippen LogP contribution in [0.3, 0.4) is 0 Å². The third-order valence-corrected chi connectivity index (χ3v) is 5.02. The summed E-state index contributed by atoms with van der Waals surface area (Å²) >= 11 is 0. The number of anilines is 1. The van der Waals surface area contributed by atoms with Gasteiger partial charge in [0.25, 0.3) is 11.8 Å². The minimum Gasteiger partial charge on any atom is -0.493 e. The van der Waals surface area contributed by atoms with Gasteiger partial charge in [0.15, 0.2) is 5.75 Å². The molecule has 9 nitrogen and oxygen atoms in total. The summed E-state index contributed by atoms with van der Waals surface area (Å²) in [7, 11) is 1.29. The summed E-state index contributed by atoms with van der Waals surface area (Å²) in [5.74, 6) is -2.00. The molecule has 0 unspecified atom stereocenters. The van der Waals surface area contributed by atoms with Gasteiger partial charge in [-0.05, 0) is 35.9 Å². The molecule has 1 heterocycles. The summed E-state index contributed by atoms with van der Waals surface area (Å²) in [4.78, 5) is 36.3. The van der Waals surface area contributed by atoms with Crippen LogP contribution in [0.4, 0.5) is 15.8 Å². The summed E-state index contributed by atoms with van der Waals surface area (Å²) in [5.41, 5.74) is 2.64. The van der Waals surface area contributed by atoms with E-state index in [1.54, 1.807) is 36.4 Å². The number of hydrogen-bond acceptors (Lipinski definition) is 6. The number of hydrazine groups is 1. The van der Waals surface area contributed by atoms with Crippen LogP contribution in [0.5, 0.6) is 11.5 Å². The van der Waals surface area contributed by atoms with E-state index in [4.69, 9.17) is 9.47 Å². The van der Waals surface area contributed by atoms with Gasteiger partial charge in [-0.25, -0.2) is 9.40 Å². The molecular weight excluding hydrogens is 445 g/mol. The second kappa shape index (κ2) is 9.41. The zero-order valence-corrected chi connectivity index (χ0v) is 17.9. The lowest BCUT2D eigenvalue weighted by molar-refractivity contribution is -0.386. The predicted octanol–water partition coefficient (Wildman–Crippen LogP) is 3.78. The molecule has 0 aliphatic carbocycles. The SMILES string of the molecule is COc1cc(/C=C2/C(=O)NN(c3ccccc3)C2=O)cc([N+](=O)[O-])c1OCc1ccccc1F. The third-order valence-electron chi connectivity index (χ3n) is 5.02. The molecule has 0 atom stereocenters. The van der Waals surface area contributed by atoms with Gasteiger partial charge >= 0.3 is 5.69 Å². The Bertz CT molecular complexity index is 1310. The van der Waals surface area contributed by atoms with E-state index >= 15 is 0 Å². The normalized spacial score (nSPS) is 14.3. The average Bonchev–Trinajstić information content (AvgIpc) is 3.12. The maximum absolute atomic E-state index is 13.9. The van der Waals surface area contributed by atoms with Crippen LogP contribution in [0, 0.1) is 15.9 Å². The van der Waals surface area contributed by atoms with E-state index in [2.05, 4.69) is 5.43 Å². The van der Waals surface area contributed by atoms with Crippen LogP contribution in [0.1, 0.15) is 11.1 Å². The summed E-state index contributed by atoms with van der Waals surface area (Å²) < 4.78 is 24.7. The van der Waals surface area contributed by atoms with Crippen molar-refractivity contribution in [3.05, 3.63) is 99.4 Å². The molecule has 1 saturated heterocycles. The van der Waals surface area contributed by atoms with E-state index in [1.165, 1.54) is 37.5 Å². The molecule has 0 bridgehead atoms. The van der Waals surface area contributed by atoms with Crippen LogP contribution in [-0.4, -0.2) is 23.8 Å². The summed E-state index contributed by atoms with van der Waals surface area (Å²) in [5, 5.41) is 12.8. The van der Waals surface area contributed by atoms with Crippen molar-refractivity contribution in [1.29, 1.82) is 0 Å². The Kier molecular flexibility index (Phi) is 6.22. The second-order valence-corrected chi connectivity index (χ2v) is 7.18. The summed E-state index contributed by atoms with van der Waals surface area (Å²) in [6.45, 7) is -0.267. The summed E-state index contributed by atoms with van der Waals surface area (Å²) in [6, 6.07) is 16.9. The molecule has 3 aromatic carbocycles. The molecular formula is C24H18FN3O6. The molecule has 34 heavy (non-hydrogen) atoms. The fourth-order valence-electron chi connectivity index (χ4n) is 3.37. The van der Waals surface area contributed by atoms with E-state index in [-0.39, 0.29) is 34.8 Å². The number of hydrogen-bond donors (Lipinski definition) is 1. The zero-order valence-electron chi connectivity index (χ0n) is 17.9. The molecule has 1 N–H and O–H groups in total. The van der Waals surface area contributed by atoms with Crippen LogP contribution < -0.4 is 19.9 Å². The Morgan fingerprint density at radius 2 is 1.79 bits per heavy atom. The Hall–Kier alpha value is -4.73. The molecule has 0 radical (unpaired) electrons. The van der Waals surface area contributed by atoms with Crippen molar-refractivity contribution in [2.45, 2.75) is 6.61 Å². The van der Waals surface area contributed by atoms with Crippen LogP contribution >= 0.6 is 0 Å². The smallest absolute Gasteiger partial charge is 0.315 e. The number of para-hydroxylation sites is 1. The minimum absolute atomic E-state index is 0.0110. The average molecular weight is 463 g/mol. The number of rotatable bonds is 7. The molecule has 10 heteroatoms. The molecule has 0 spiro atoms. The van der Waals surface area contributed by atoms with Gasteiger partial charge in [-0.2, -0.15) is 0 Å². The number of methoxy groups -OCH3 is 1. The Labute approximate surface area is 193 Å². The number of benzene rings is 3. The van der Waals surface area contributed by atoms with Crippen molar-refractivity contribution in [3.8, 4) is 11.5 Å². The highest BCUT2D eigenvalue weighted by Crippen LogP contribution is 2.39. The van der Waals surface area contributed by atoms with Crippen molar-refractivity contribution >= 4 is 29.3 Å². The Morgan fingerprint density at radius 1 is 1.09 bits per heavy atom. The van der Waals surface area contributed by atoms with Crippen molar-refractivity contribution in [3.63, 3.8) is 0 Å². The molecule has 2 amide bonds. The second-order valence-electron chi connectivity index (χ2n) is 7.18. The number of nitrogens with zero attached hydrogens (tertiary/aromatic N) is 2. The quantitative estimate of drug-likeness (QED) is 0.247. The van der Waals surface area contributed by atoms with Crippen LogP contribution in [0.25, 0.3) is 6.08 Å². The van der Waals surface area contributed by atoms with E-state index in [1.807, 2.05) is 0 Å². The first kappa shape index (κ1) is 22.5. The minimum atomic E-state index is -0.686. The van der Waals surface area contributed by atoms with E-state index in [9.17, 15) is 24.1 Å². The van der Waals surface area contributed by atoms with Gasteiger partial charge in [0.1, 0.15) is 18.0 Å². The molecule has 4 rings (SSSR count). The maximum Gasteiger partial charge on any atom is 0.315 e. The van der Waals surface area contributed by atoms with Crippen LogP contribution in [0.2, 0.25) is 0 Å². The first-order valence-corrected chi connectivity index (χ1v) is 10.0. The molecule has 0 aromatic heterocycles. The number of nitro benzene ring substituents is 1. The third kappa shape index (κ3) is 4.42. The molecule has 1 fully saturated rings. The maximum atomic E-state index is 13.9. The summed E-state index contributed by atoms with van der Waals surface area (Å²) in [6.07, 6.45) is 1.23. The number of halogens is 1. The van der Waals surface area contributed by atoms with E-state index in [0.29, 0.717) is 5.69 Å². The number of nitrogens with one attached hydrogen (secondary N) is 1. The van der Waals surface area contributed by atoms with Crippen molar-refractivity contribution < 1.29 is 28.4 Å². The number of amides is 2. The fraction of sp³-hybridized carbons (Fsp3) is 0.0833. The lowest BCUT2D eigenvalue weighted by Gasteiger charge is -2.14. The van der Waals surface area contributed by atoms with Crippen LogP contribution in [0.15, 0.2) is 72.3 Å². The fourth-order valence-corrected chi connectivity index (χ4v) is 3.37. The highest BCUT2D eigenvalue weighted by molar-refractivity contribution is 6.31. The predicted molar refractivity (Wildman–Crippen MR) is 120 cm³/mol. The monoisotopic (exact) mass is 463 g/mol. The number of nitro groups is 1.